The van der Waals surface area contributed by atoms with Crippen LogP contribution in [0.25, 0.3) is 28.7 Å². The zero-order valence-electron chi connectivity index (χ0n) is 12.2. The molecule has 0 atom stereocenters. The molecule has 0 saturated heterocycles. The summed E-state index contributed by atoms with van der Waals surface area (Å²) in [5, 5.41) is 8.88. The fourth-order valence-corrected chi connectivity index (χ4v) is 3.12. The zero-order valence-corrected chi connectivity index (χ0v) is 13.0. The van der Waals surface area contributed by atoms with Crippen molar-refractivity contribution in [1.29, 1.82) is 0 Å². The molecule has 1 aliphatic heterocycles. The van der Waals surface area contributed by atoms with Crippen LogP contribution in [0.4, 0.5) is 0 Å². The highest BCUT2D eigenvalue weighted by Gasteiger charge is 2.24. The number of aromatic amines is 1. The van der Waals surface area contributed by atoms with Gasteiger partial charge in [-0.2, -0.15) is 0 Å². The van der Waals surface area contributed by atoms with Crippen LogP contribution in [0.3, 0.4) is 0 Å². The molecule has 23 heavy (non-hydrogen) atoms. The number of benzene rings is 1. The van der Waals surface area contributed by atoms with Crippen molar-refractivity contribution < 1.29 is 0 Å². The highest BCUT2D eigenvalue weighted by Crippen LogP contribution is 2.33. The molecule has 4 aromatic rings. The molecule has 0 saturated carbocycles. The van der Waals surface area contributed by atoms with Gasteiger partial charge in [0.25, 0.3) is 0 Å². The number of aromatic nitrogens is 5. The quantitative estimate of drug-likeness (QED) is 0.513. The molecule has 4 heterocycles. The van der Waals surface area contributed by atoms with Gasteiger partial charge >= 0.3 is 0 Å². The molecule has 1 aliphatic rings. The van der Waals surface area contributed by atoms with Crippen LogP contribution in [0, 0.1) is 0 Å². The molecular weight excluding hydrogens is 310 g/mol. The number of fused-ring (bicyclic) bond motifs is 5. The van der Waals surface area contributed by atoms with E-state index in [4.69, 9.17) is 0 Å². The lowest BCUT2D eigenvalue weighted by atomic mass is 10.1. The summed E-state index contributed by atoms with van der Waals surface area (Å²) in [5.74, 6) is 1.71. The van der Waals surface area contributed by atoms with E-state index in [2.05, 4.69) is 66.9 Å². The van der Waals surface area contributed by atoms with Gasteiger partial charge < -0.3 is 9.55 Å². The van der Waals surface area contributed by atoms with Crippen molar-refractivity contribution in [2.75, 3.05) is 0 Å². The molecule has 3 aromatic heterocycles. The summed E-state index contributed by atoms with van der Waals surface area (Å²) in [6.45, 7) is 0.839. The zero-order chi connectivity index (χ0) is 14.5. The third-order valence-corrected chi connectivity index (χ3v) is 4.13. The first-order valence-electron chi connectivity index (χ1n) is 7.25. The second-order valence-corrected chi connectivity index (χ2v) is 5.42. The first-order chi connectivity index (χ1) is 10.9. The van der Waals surface area contributed by atoms with Gasteiger partial charge in [-0.25, -0.2) is 0 Å². The van der Waals surface area contributed by atoms with Crippen molar-refractivity contribution in [2.24, 2.45) is 0 Å². The molecule has 0 radical (unpaired) electrons. The molecule has 0 bridgehead atoms. The number of rotatable bonds is 1. The first-order valence-corrected chi connectivity index (χ1v) is 7.25. The Morgan fingerprint density at radius 1 is 0.913 bits per heavy atom. The highest BCUT2D eigenvalue weighted by atomic mass is 35.5. The predicted octanol–water partition coefficient (Wildman–Crippen LogP) is 3.51. The third kappa shape index (κ3) is 1.94. The SMILES string of the molecule is Cl.c1c[nH]c(-c2nnc3n2-c2ccccc2Cn2cccc2-3)c1. The molecule has 5 rings (SSSR count). The van der Waals surface area contributed by atoms with E-state index in [0.29, 0.717) is 0 Å². The van der Waals surface area contributed by atoms with Crippen LogP contribution in [0.15, 0.2) is 60.9 Å². The number of nitrogens with zero attached hydrogens (tertiary/aromatic N) is 4. The minimum Gasteiger partial charge on any atom is -0.359 e. The van der Waals surface area contributed by atoms with Crippen molar-refractivity contribution in [3.8, 4) is 28.7 Å². The van der Waals surface area contributed by atoms with E-state index in [1.54, 1.807) is 0 Å². The second kappa shape index (κ2) is 5.14. The average molecular weight is 324 g/mol. The molecular formula is C17H14ClN5. The van der Waals surface area contributed by atoms with E-state index < -0.39 is 0 Å². The fraction of sp³-hybridized carbons (Fsp3) is 0.0588. The fourth-order valence-electron chi connectivity index (χ4n) is 3.12. The minimum absolute atomic E-state index is 0. The van der Waals surface area contributed by atoms with Crippen molar-refractivity contribution in [1.82, 2.24) is 24.3 Å². The van der Waals surface area contributed by atoms with Crippen molar-refractivity contribution in [2.45, 2.75) is 6.54 Å². The van der Waals surface area contributed by atoms with Gasteiger partial charge in [-0.15, -0.1) is 22.6 Å². The maximum Gasteiger partial charge on any atom is 0.185 e. The van der Waals surface area contributed by atoms with Gasteiger partial charge in [-0.05, 0) is 35.9 Å². The number of H-pyrrole nitrogens is 1. The van der Waals surface area contributed by atoms with Gasteiger partial charge in [0.2, 0.25) is 0 Å². The van der Waals surface area contributed by atoms with Gasteiger partial charge in [0.1, 0.15) is 0 Å². The second-order valence-electron chi connectivity index (χ2n) is 5.42. The minimum atomic E-state index is 0. The number of hydrogen-bond donors (Lipinski definition) is 1. The Labute approximate surface area is 139 Å². The normalized spacial score (nSPS) is 11.8. The topological polar surface area (TPSA) is 51.4 Å². The van der Waals surface area contributed by atoms with E-state index in [1.165, 1.54) is 5.56 Å². The van der Waals surface area contributed by atoms with Gasteiger partial charge in [-0.3, -0.25) is 4.57 Å². The number of hydrogen-bond acceptors (Lipinski definition) is 2. The van der Waals surface area contributed by atoms with E-state index in [-0.39, 0.29) is 12.4 Å². The summed E-state index contributed by atoms with van der Waals surface area (Å²) in [4.78, 5) is 3.23. The molecule has 0 aliphatic carbocycles. The van der Waals surface area contributed by atoms with Crippen LogP contribution in [0.2, 0.25) is 0 Å². The molecule has 1 aromatic carbocycles. The summed E-state index contributed by atoms with van der Waals surface area (Å²) in [7, 11) is 0. The molecule has 0 unspecified atom stereocenters. The van der Waals surface area contributed by atoms with Crippen LogP contribution in [-0.2, 0) is 6.54 Å². The Bertz CT molecular complexity index is 965. The Kier molecular flexibility index (Phi) is 3.09. The Balaban J connectivity index is 0.00000135. The molecule has 0 spiro atoms. The third-order valence-electron chi connectivity index (χ3n) is 4.13. The van der Waals surface area contributed by atoms with Crippen LogP contribution in [-0.4, -0.2) is 24.3 Å². The average Bonchev–Trinajstić information content (AvgIpc) is 3.26. The van der Waals surface area contributed by atoms with E-state index in [0.717, 1.165) is 35.3 Å². The molecule has 0 amide bonds. The smallest absolute Gasteiger partial charge is 0.185 e. The van der Waals surface area contributed by atoms with Crippen LogP contribution >= 0.6 is 12.4 Å². The largest absolute Gasteiger partial charge is 0.359 e. The number of para-hydroxylation sites is 1. The van der Waals surface area contributed by atoms with Gasteiger partial charge in [0.15, 0.2) is 11.6 Å². The summed E-state index contributed by atoms with van der Waals surface area (Å²) >= 11 is 0. The number of nitrogens with one attached hydrogen (secondary N) is 1. The predicted molar refractivity (Wildman–Crippen MR) is 90.9 cm³/mol. The number of halogens is 1. The first kappa shape index (κ1) is 13.8. The molecule has 1 N–H and O–H groups in total. The van der Waals surface area contributed by atoms with Crippen LogP contribution in [0.5, 0.6) is 0 Å². The van der Waals surface area contributed by atoms with Gasteiger partial charge in [0, 0.05) is 18.9 Å². The summed E-state index contributed by atoms with van der Waals surface area (Å²) in [6.07, 6.45) is 3.99. The lowest BCUT2D eigenvalue weighted by molar-refractivity contribution is 0.816. The van der Waals surface area contributed by atoms with Crippen molar-refractivity contribution >= 4 is 12.4 Å². The molecule has 5 nitrogen and oxygen atoms in total. The van der Waals surface area contributed by atoms with Crippen molar-refractivity contribution in [3.05, 3.63) is 66.5 Å². The Morgan fingerprint density at radius 2 is 1.78 bits per heavy atom. The molecule has 0 fully saturated rings. The maximum atomic E-state index is 4.46. The van der Waals surface area contributed by atoms with Gasteiger partial charge in [-0.1, -0.05) is 18.2 Å². The standard InChI is InChI=1S/C17H13N5.ClH/c1-2-7-14-12(5-1)11-21-10-4-8-15(21)17-20-19-16(22(14)17)13-6-3-9-18-13;/h1-10,18H,11H2;1H. The van der Waals surface area contributed by atoms with E-state index in [9.17, 15) is 0 Å². The van der Waals surface area contributed by atoms with Gasteiger partial charge in [0.05, 0.1) is 17.1 Å². The van der Waals surface area contributed by atoms with E-state index in [1.807, 2.05) is 18.3 Å². The Hall–Kier alpha value is -2.79. The summed E-state index contributed by atoms with van der Waals surface area (Å²) in [6, 6.07) is 16.6. The van der Waals surface area contributed by atoms with E-state index >= 15 is 0 Å². The monoisotopic (exact) mass is 323 g/mol. The summed E-state index contributed by atoms with van der Waals surface area (Å²) < 4.78 is 4.35. The summed E-state index contributed by atoms with van der Waals surface area (Å²) in [5.41, 5.74) is 4.44. The van der Waals surface area contributed by atoms with Crippen LogP contribution < -0.4 is 0 Å². The highest BCUT2D eigenvalue weighted by molar-refractivity contribution is 5.85. The van der Waals surface area contributed by atoms with Crippen molar-refractivity contribution in [3.63, 3.8) is 0 Å². The lowest BCUT2D eigenvalue weighted by Crippen LogP contribution is -2.01. The van der Waals surface area contributed by atoms with Crippen LogP contribution in [0.1, 0.15) is 5.56 Å². The Morgan fingerprint density at radius 3 is 2.65 bits per heavy atom. The molecule has 114 valence electrons. The lowest BCUT2D eigenvalue weighted by Gasteiger charge is -2.10. The maximum absolute atomic E-state index is 4.46. The molecule has 6 heteroatoms.